The van der Waals surface area contributed by atoms with Crippen LogP contribution in [0.2, 0.25) is 0 Å². The van der Waals surface area contributed by atoms with Gasteiger partial charge in [0.2, 0.25) is 0 Å². The molecule has 0 aliphatic heterocycles. The number of hydrogen-bond acceptors (Lipinski definition) is 4. The van der Waals surface area contributed by atoms with Gasteiger partial charge in [-0.25, -0.2) is 5.43 Å². The number of carbonyl (C=O) groups excluding carboxylic acids is 1. The van der Waals surface area contributed by atoms with E-state index in [4.69, 9.17) is 0 Å². The summed E-state index contributed by atoms with van der Waals surface area (Å²) < 4.78 is 0.968. The summed E-state index contributed by atoms with van der Waals surface area (Å²) in [4.78, 5) is 15.5. The molecule has 2 rings (SSSR count). The van der Waals surface area contributed by atoms with Crippen LogP contribution in [0.4, 0.5) is 0 Å². The van der Waals surface area contributed by atoms with Crippen LogP contribution in [0.25, 0.3) is 0 Å². The summed E-state index contributed by atoms with van der Waals surface area (Å²) in [5.74, 6) is -0.241. The Labute approximate surface area is 123 Å². The number of hydrazone groups is 1. The number of halogens is 1. The monoisotopic (exact) mass is 367 g/mol. The first-order valence-corrected chi connectivity index (χ1v) is 6.46. The molecule has 2 N–H and O–H groups in total. The molecule has 2 aromatic rings. The summed E-state index contributed by atoms with van der Waals surface area (Å²) in [6.07, 6.45) is 4.43. The Morgan fingerprint density at radius 2 is 2.26 bits per heavy atom. The van der Waals surface area contributed by atoms with Crippen molar-refractivity contribution in [3.8, 4) is 5.75 Å². The van der Waals surface area contributed by atoms with Gasteiger partial charge in [-0.2, -0.15) is 5.10 Å². The molecular weight excluding hydrogens is 357 g/mol. The number of pyridine rings is 1. The molecule has 0 bridgehead atoms. The highest BCUT2D eigenvalue weighted by Crippen LogP contribution is 2.17. The Morgan fingerprint density at radius 3 is 3.00 bits per heavy atom. The van der Waals surface area contributed by atoms with Crippen LogP contribution in [0.3, 0.4) is 0 Å². The van der Waals surface area contributed by atoms with Crippen LogP contribution in [0.5, 0.6) is 5.75 Å². The van der Waals surface area contributed by atoms with Gasteiger partial charge in [-0.05, 0) is 52.9 Å². The molecule has 0 atom stereocenters. The molecule has 1 aromatic carbocycles. The third-order valence-electron chi connectivity index (χ3n) is 2.28. The Hall–Kier alpha value is -1.96. The lowest BCUT2D eigenvalue weighted by atomic mass is 10.2. The van der Waals surface area contributed by atoms with E-state index in [0.717, 1.165) is 3.57 Å². The number of phenols is 1. The van der Waals surface area contributed by atoms with Gasteiger partial charge in [0.05, 0.1) is 11.8 Å². The van der Waals surface area contributed by atoms with E-state index >= 15 is 0 Å². The van der Waals surface area contributed by atoms with Crippen molar-refractivity contribution in [1.29, 1.82) is 0 Å². The molecule has 0 aliphatic rings. The number of carbonyl (C=O) groups is 1. The molecule has 1 amide bonds. The molecule has 19 heavy (non-hydrogen) atoms. The molecule has 5 nitrogen and oxygen atoms in total. The lowest BCUT2D eigenvalue weighted by Crippen LogP contribution is -2.17. The number of aromatic hydroxyl groups is 1. The van der Waals surface area contributed by atoms with Gasteiger partial charge < -0.3 is 5.11 Å². The van der Waals surface area contributed by atoms with Gasteiger partial charge in [-0.3, -0.25) is 9.78 Å². The first-order valence-electron chi connectivity index (χ1n) is 5.39. The van der Waals surface area contributed by atoms with Crippen molar-refractivity contribution in [2.75, 3.05) is 0 Å². The quantitative estimate of drug-likeness (QED) is 0.496. The highest BCUT2D eigenvalue weighted by molar-refractivity contribution is 14.1. The molecule has 0 radical (unpaired) electrons. The zero-order valence-electron chi connectivity index (χ0n) is 9.75. The van der Waals surface area contributed by atoms with Crippen LogP contribution < -0.4 is 5.43 Å². The van der Waals surface area contributed by atoms with Crippen LogP contribution in [0.15, 0.2) is 47.8 Å². The third-order valence-corrected chi connectivity index (χ3v) is 2.95. The highest BCUT2D eigenvalue weighted by atomic mass is 127. The van der Waals surface area contributed by atoms with Gasteiger partial charge in [0.1, 0.15) is 5.75 Å². The molecule has 0 saturated heterocycles. The maximum Gasteiger partial charge on any atom is 0.272 e. The fraction of sp³-hybridized carbons (Fsp3) is 0. The average molecular weight is 367 g/mol. The lowest BCUT2D eigenvalue weighted by Gasteiger charge is -2.00. The predicted molar refractivity (Wildman–Crippen MR) is 80.1 cm³/mol. The van der Waals surface area contributed by atoms with Gasteiger partial charge in [0.25, 0.3) is 5.91 Å². The van der Waals surface area contributed by atoms with E-state index in [2.05, 4.69) is 38.1 Å². The van der Waals surface area contributed by atoms with E-state index in [1.54, 1.807) is 36.5 Å². The van der Waals surface area contributed by atoms with Crippen LogP contribution in [-0.2, 0) is 0 Å². The van der Waals surface area contributed by atoms with Gasteiger partial charge in [-0.1, -0.05) is 0 Å². The molecule has 6 heteroatoms. The predicted octanol–water partition coefficient (Wildman–Crippen LogP) is 2.16. The van der Waals surface area contributed by atoms with E-state index in [9.17, 15) is 9.90 Å². The molecule has 0 unspecified atom stereocenters. The Balaban J connectivity index is 2.04. The van der Waals surface area contributed by atoms with E-state index < -0.39 is 0 Å². The summed E-state index contributed by atoms with van der Waals surface area (Å²) in [6.45, 7) is 0. The van der Waals surface area contributed by atoms with E-state index in [0.29, 0.717) is 11.1 Å². The van der Waals surface area contributed by atoms with Crippen molar-refractivity contribution < 1.29 is 9.90 Å². The smallest absolute Gasteiger partial charge is 0.272 e. The molecule has 0 spiro atoms. The minimum absolute atomic E-state index is 0.111. The van der Waals surface area contributed by atoms with Crippen molar-refractivity contribution in [2.45, 2.75) is 0 Å². The molecule has 96 valence electrons. The van der Waals surface area contributed by atoms with Crippen molar-refractivity contribution >= 4 is 34.7 Å². The molecule has 0 fully saturated rings. The summed E-state index contributed by atoms with van der Waals surface area (Å²) in [5.41, 5.74) is 3.33. The Kier molecular flexibility index (Phi) is 4.45. The first kappa shape index (κ1) is 13.5. The van der Waals surface area contributed by atoms with Gasteiger partial charge in [0, 0.05) is 21.5 Å². The van der Waals surface area contributed by atoms with Crippen LogP contribution in [-0.4, -0.2) is 22.2 Å². The SMILES string of the molecule is O=C(N/N=C\c1cc(I)ccc1O)c1cccnc1. The molecular formula is C13H10IN3O2. The van der Waals surface area contributed by atoms with Gasteiger partial charge in [-0.15, -0.1) is 0 Å². The largest absolute Gasteiger partial charge is 0.507 e. The minimum atomic E-state index is -0.352. The zero-order valence-corrected chi connectivity index (χ0v) is 11.9. The lowest BCUT2D eigenvalue weighted by molar-refractivity contribution is 0.0954. The fourth-order valence-corrected chi connectivity index (χ4v) is 1.87. The van der Waals surface area contributed by atoms with E-state index in [-0.39, 0.29) is 11.7 Å². The van der Waals surface area contributed by atoms with Crippen molar-refractivity contribution in [3.63, 3.8) is 0 Å². The topological polar surface area (TPSA) is 74.6 Å². The second-order valence-electron chi connectivity index (χ2n) is 3.64. The number of benzene rings is 1. The van der Waals surface area contributed by atoms with Crippen molar-refractivity contribution in [2.24, 2.45) is 5.10 Å². The minimum Gasteiger partial charge on any atom is -0.507 e. The Morgan fingerprint density at radius 1 is 1.42 bits per heavy atom. The Bertz CT molecular complexity index is 615. The summed E-state index contributed by atoms with van der Waals surface area (Å²) in [5, 5.41) is 13.4. The van der Waals surface area contributed by atoms with Crippen LogP contribution >= 0.6 is 22.6 Å². The average Bonchev–Trinajstić information content (AvgIpc) is 2.43. The highest BCUT2D eigenvalue weighted by Gasteiger charge is 2.03. The van der Waals surface area contributed by atoms with Crippen LogP contribution in [0.1, 0.15) is 15.9 Å². The second kappa shape index (κ2) is 6.28. The molecule has 1 aromatic heterocycles. The molecule has 1 heterocycles. The fourth-order valence-electron chi connectivity index (χ4n) is 1.35. The maximum absolute atomic E-state index is 11.7. The molecule has 0 aliphatic carbocycles. The standard InChI is InChI=1S/C13H10IN3O2/c14-11-3-4-12(18)10(6-11)8-16-17-13(19)9-2-1-5-15-7-9/h1-8,18H,(H,17,19)/b16-8-. The maximum atomic E-state index is 11.7. The second-order valence-corrected chi connectivity index (χ2v) is 4.89. The van der Waals surface area contributed by atoms with Crippen LogP contribution in [0, 0.1) is 3.57 Å². The summed E-state index contributed by atoms with van der Waals surface area (Å²) >= 11 is 2.13. The number of amides is 1. The molecule has 0 saturated carbocycles. The van der Waals surface area contributed by atoms with Crippen molar-refractivity contribution in [1.82, 2.24) is 10.4 Å². The van der Waals surface area contributed by atoms with Gasteiger partial charge >= 0.3 is 0 Å². The number of nitrogens with one attached hydrogen (secondary N) is 1. The third kappa shape index (κ3) is 3.75. The summed E-state index contributed by atoms with van der Waals surface area (Å²) in [6, 6.07) is 8.42. The zero-order chi connectivity index (χ0) is 13.7. The van der Waals surface area contributed by atoms with E-state index in [1.165, 1.54) is 12.4 Å². The summed E-state index contributed by atoms with van der Waals surface area (Å²) in [7, 11) is 0. The number of phenolic OH excluding ortho intramolecular Hbond substituents is 1. The first-order chi connectivity index (χ1) is 9.16. The number of rotatable bonds is 3. The number of aromatic nitrogens is 1. The van der Waals surface area contributed by atoms with Gasteiger partial charge in [0.15, 0.2) is 0 Å². The number of nitrogens with zero attached hydrogens (tertiary/aromatic N) is 2. The van der Waals surface area contributed by atoms with Crippen molar-refractivity contribution in [3.05, 3.63) is 57.4 Å². The normalized spacial score (nSPS) is 10.6. The van der Waals surface area contributed by atoms with E-state index in [1.807, 2.05) is 0 Å². The number of hydrogen-bond donors (Lipinski definition) is 2.